The molecule has 1 aromatic rings. The largest absolute Gasteiger partial charge is 0.481 e. The number of hydrogen-bond donors (Lipinski definition) is 2. The van der Waals surface area contributed by atoms with Gasteiger partial charge in [-0.1, -0.05) is 26.8 Å². The van der Waals surface area contributed by atoms with Crippen molar-refractivity contribution in [2.24, 2.45) is 5.41 Å². The average Bonchev–Trinajstić information content (AvgIpc) is 2.76. The van der Waals surface area contributed by atoms with Crippen molar-refractivity contribution in [3.63, 3.8) is 0 Å². The summed E-state index contributed by atoms with van der Waals surface area (Å²) in [7, 11) is 0. The molecule has 0 saturated carbocycles. The summed E-state index contributed by atoms with van der Waals surface area (Å²) in [6.45, 7) is 5.77. The van der Waals surface area contributed by atoms with Crippen molar-refractivity contribution in [3.8, 4) is 0 Å². The molecule has 0 aliphatic heterocycles. The Bertz CT molecular complexity index is 424. The molecule has 0 aliphatic carbocycles. The van der Waals surface area contributed by atoms with Crippen molar-refractivity contribution in [2.45, 2.75) is 37.4 Å². The summed E-state index contributed by atoms with van der Waals surface area (Å²) in [4.78, 5) is 22.7. The number of aliphatic carboxylic acids is 1. The van der Waals surface area contributed by atoms with Crippen LogP contribution in [-0.4, -0.2) is 28.8 Å². The topological polar surface area (TPSA) is 66.4 Å². The van der Waals surface area contributed by atoms with Gasteiger partial charge in [-0.3, -0.25) is 9.59 Å². The van der Waals surface area contributed by atoms with E-state index in [1.54, 1.807) is 11.3 Å². The molecule has 6 heteroatoms. The number of hydrogen-bond acceptors (Lipinski definition) is 4. The molecule has 1 atom stereocenters. The quantitative estimate of drug-likeness (QED) is 0.793. The molecule has 1 amide bonds. The van der Waals surface area contributed by atoms with Crippen molar-refractivity contribution < 1.29 is 14.7 Å². The molecule has 1 heterocycles. The number of carbonyl (C=O) groups is 2. The Morgan fingerprint density at radius 2 is 2.16 bits per heavy atom. The molecular formula is C13H19NO3S2. The van der Waals surface area contributed by atoms with Gasteiger partial charge in [-0.15, -0.1) is 23.1 Å². The first-order valence-corrected chi connectivity index (χ1v) is 7.83. The molecule has 1 rings (SSSR count). The molecule has 0 aliphatic rings. The molecule has 19 heavy (non-hydrogen) atoms. The Morgan fingerprint density at radius 1 is 1.47 bits per heavy atom. The Balaban J connectivity index is 2.49. The normalized spacial score (nSPS) is 13.0. The zero-order valence-electron chi connectivity index (χ0n) is 11.3. The van der Waals surface area contributed by atoms with E-state index in [0.717, 1.165) is 4.21 Å². The van der Waals surface area contributed by atoms with E-state index < -0.39 is 5.97 Å². The van der Waals surface area contributed by atoms with E-state index in [1.807, 2.05) is 38.3 Å². The van der Waals surface area contributed by atoms with Crippen molar-refractivity contribution in [1.29, 1.82) is 0 Å². The zero-order valence-corrected chi connectivity index (χ0v) is 12.9. The predicted octanol–water partition coefficient (Wildman–Crippen LogP) is 2.85. The van der Waals surface area contributed by atoms with Crippen LogP contribution in [0.3, 0.4) is 0 Å². The highest BCUT2D eigenvalue weighted by Gasteiger charge is 2.28. The molecule has 0 spiro atoms. The van der Waals surface area contributed by atoms with E-state index in [0.29, 0.717) is 5.75 Å². The van der Waals surface area contributed by atoms with Gasteiger partial charge in [0.15, 0.2) is 0 Å². The van der Waals surface area contributed by atoms with E-state index in [2.05, 4.69) is 5.32 Å². The lowest BCUT2D eigenvalue weighted by atomic mass is 9.85. The fraction of sp³-hybridized carbons (Fsp3) is 0.538. The van der Waals surface area contributed by atoms with Gasteiger partial charge < -0.3 is 10.4 Å². The van der Waals surface area contributed by atoms with E-state index in [4.69, 9.17) is 5.11 Å². The van der Waals surface area contributed by atoms with Gasteiger partial charge >= 0.3 is 5.97 Å². The molecule has 0 saturated heterocycles. The molecule has 106 valence electrons. The van der Waals surface area contributed by atoms with Gasteiger partial charge in [-0.2, -0.15) is 0 Å². The Hall–Kier alpha value is -1.01. The Labute approximate surface area is 121 Å². The number of nitrogens with one attached hydrogen (secondary N) is 1. The number of carboxylic acids is 1. The van der Waals surface area contributed by atoms with Crippen LogP contribution in [0.5, 0.6) is 0 Å². The summed E-state index contributed by atoms with van der Waals surface area (Å²) < 4.78 is 1.08. The van der Waals surface area contributed by atoms with Gasteiger partial charge in [0.25, 0.3) is 0 Å². The van der Waals surface area contributed by atoms with Gasteiger partial charge in [0, 0.05) is 6.04 Å². The maximum atomic E-state index is 11.9. The average molecular weight is 301 g/mol. The van der Waals surface area contributed by atoms with Crippen LogP contribution in [0.15, 0.2) is 21.7 Å². The number of thioether (sulfide) groups is 1. The third-order valence-corrected chi connectivity index (χ3v) is 4.73. The Kier molecular flexibility index (Phi) is 5.87. The molecule has 0 bridgehead atoms. The molecule has 1 aromatic heterocycles. The molecule has 0 aromatic carbocycles. The van der Waals surface area contributed by atoms with Crippen LogP contribution in [0.2, 0.25) is 0 Å². The summed E-state index contributed by atoms with van der Waals surface area (Å²) in [5.41, 5.74) is -0.276. The molecule has 1 unspecified atom stereocenters. The lowest BCUT2D eigenvalue weighted by Gasteiger charge is -2.30. The third-order valence-electron chi connectivity index (χ3n) is 2.60. The number of carbonyl (C=O) groups excluding carboxylic acids is 1. The van der Waals surface area contributed by atoms with Gasteiger partial charge in [0.05, 0.1) is 16.4 Å². The number of carboxylic acid groups (broad SMARTS) is 1. The first-order chi connectivity index (χ1) is 8.79. The minimum Gasteiger partial charge on any atom is -0.481 e. The summed E-state index contributed by atoms with van der Waals surface area (Å²) in [5.74, 6) is -0.710. The van der Waals surface area contributed by atoms with Crippen molar-refractivity contribution in [1.82, 2.24) is 5.32 Å². The van der Waals surface area contributed by atoms with Crippen LogP contribution in [0.4, 0.5) is 0 Å². The number of thiophene rings is 1. The Morgan fingerprint density at radius 3 is 2.63 bits per heavy atom. The van der Waals surface area contributed by atoms with Gasteiger partial charge in [0.2, 0.25) is 5.91 Å². The molecule has 0 radical (unpaired) electrons. The van der Waals surface area contributed by atoms with Crippen LogP contribution >= 0.6 is 23.1 Å². The summed E-state index contributed by atoms with van der Waals surface area (Å²) >= 11 is 3.05. The maximum absolute atomic E-state index is 11.9. The lowest BCUT2D eigenvalue weighted by Crippen LogP contribution is -2.45. The fourth-order valence-electron chi connectivity index (χ4n) is 1.47. The molecule has 4 nitrogen and oxygen atoms in total. The van der Waals surface area contributed by atoms with Gasteiger partial charge in [-0.25, -0.2) is 0 Å². The highest BCUT2D eigenvalue weighted by atomic mass is 32.2. The van der Waals surface area contributed by atoms with Crippen molar-refractivity contribution in [3.05, 3.63) is 17.5 Å². The second-order valence-electron chi connectivity index (χ2n) is 5.30. The predicted molar refractivity (Wildman–Crippen MR) is 78.7 cm³/mol. The molecule has 0 fully saturated rings. The molecule has 2 N–H and O–H groups in total. The van der Waals surface area contributed by atoms with Crippen LogP contribution in [0, 0.1) is 5.41 Å². The van der Waals surface area contributed by atoms with E-state index in [-0.39, 0.29) is 23.8 Å². The van der Waals surface area contributed by atoms with Crippen LogP contribution in [0.1, 0.15) is 27.2 Å². The fourth-order valence-corrected chi connectivity index (χ4v) is 3.06. The number of amides is 1. The standard InChI is InChI=1S/C13H19NO3S2/c1-13(2,3)9(7-11(16)17)14-10(15)8-19-12-5-4-6-18-12/h4-6,9H,7-8H2,1-3H3,(H,14,15)(H,16,17). The molecular weight excluding hydrogens is 282 g/mol. The van der Waals surface area contributed by atoms with Crippen LogP contribution < -0.4 is 5.32 Å². The SMILES string of the molecule is CC(C)(C)C(CC(=O)O)NC(=O)CSc1cccs1. The third kappa shape index (κ3) is 6.11. The lowest BCUT2D eigenvalue weighted by molar-refractivity contribution is -0.138. The van der Waals surface area contributed by atoms with E-state index in [9.17, 15) is 9.59 Å². The first-order valence-electron chi connectivity index (χ1n) is 5.96. The highest BCUT2D eigenvalue weighted by molar-refractivity contribution is 8.01. The first kappa shape index (κ1) is 16.0. The minimum atomic E-state index is -0.897. The van der Waals surface area contributed by atoms with Crippen molar-refractivity contribution >= 4 is 35.0 Å². The van der Waals surface area contributed by atoms with Crippen molar-refractivity contribution in [2.75, 3.05) is 5.75 Å². The summed E-state index contributed by atoms with van der Waals surface area (Å²) in [6.07, 6.45) is -0.0566. The summed E-state index contributed by atoms with van der Waals surface area (Å²) in [5, 5.41) is 13.7. The minimum absolute atomic E-state index is 0.0566. The van der Waals surface area contributed by atoms with Gasteiger partial charge in [-0.05, 0) is 16.9 Å². The second kappa shape index (κ2) is 6.96. The summed E-state index contributed by atoms with van der Waals surface area (Å²) in [6, 6.07) is 3.54. The van der Waals surface area contributed by atoms with Crippen LogP contribution in [-0.2, 0) is 9.59 Å². The smallest absolute Gasteiger partial charge is 0.305 e. The van der Waals surface area contributed by atoms with E-state index in [1.165, 1.54) is 11.8 Å². The number of rotatable bonds is 6. The second-order valence-corrected chi connectivity index (χ2v) is 7.53. The zero-order chi connectivity index (χ0) is 14.5. The van der Waals surface area contributed by atoms with E-state index >= 15 is 0 Å². The maximum Gasteiger partial charge on any atom is 0.305 e. The van der Waals surface area contributed by atoms with Crippen LogP contribution in [0.25, 0.3) is 0 Å². The van der Waals surface area contributed by atoms with Gasteiger partial charge in [0.1, 0.15) is 0 Å². The monoisotopic (exact) mass is 301 g/mol. The highest BCUT2D eigenvalue weighted by Crippen LogP contribution is 2.24.